The van der Waals surface area contributed by atoms with Crippen LogP contribution in [0.25, 0.3) is 0 Å². The van der Waals surface area contributed by atoms with Crippen LogP contribution < -0.4 is 0 Å². The molecular formula is C13H33NO4SSi2. The topological polar surface area (TPSA) is 55.8 Å². The number of hydrogen-bond donors (Lipinski definition) is 0. The lowest BCUT2D eigenvalue weighted by Crippen LogP contribution is -2.35. The molecule has 128 valence electrons. The third kappa shape index (κ3) is 13.6. The van der Waals surface area contributed by atoms with Crippen LogP contribution in [-0.4, -0.2) is 61.8 Å². The number of nitrogens with zero attached hydrogens (tertiary/aromatic N) is 1. The van der Waals surface area contributed by atoms with E-state index in [1.807, 2.05) is 0 Å². The van der Waals surface area contributed by atoms with Gasteiger partial charge in [-0.3, -0.25) is 0 Å². The highest BCUT2D eigenvalue weighted by Gasteiger charge is 2.19. The summed E-state index contributed by atoms with van der Waals surface area (Å²) in [6.07, 6.45) is 1.19. The smallest absolute Gasteiger partial charge is 0.215 e. The van der Waals surface area contributed by atoms with Crippen molar-refractivity contribution in [2.24, 2.45) is 0 Å². The van der Waals surface area contributed by atoms with E-state index in [0.29, 0.717) is 13.2 Å². The van der Waals surface area contributed by atoms with Crippen LogP contribution in [0.5, 0.6) is 0 Å². The Morgan fingerprint density at radius 3 is 1.38 bits per heavy atom. The van der Waals surface area contributed by atoms with Gasteiger partial charge in [0.05, 0.1) is 6.26 Å². The lowest BCUT2D eigenvalue weighted by molar-refractivity contribution is 0.00856. The minimum Gasteiger partial charge on any atom is -0.365 e. The molecule has 0 spiro atoms. The molecule has 0 aliphatic heterocycles. The zero-order valence-electron chi connectivity index (χ0n) is 14.7. The summed E-state index contributed by atoms with van der Waals surface area (Å²) in [5.74, 6) is 0. The van der Waals surface area contributed by atoms with E-state index in [1.54, 1.807) is 0 Å². The monoisotopic (exact) mass is 355 g/mol. The van der Waals surface area contributed by atoms with Crippen molar-refractivity contribution in [3.05, 3.63) is 0 Å². The zero-order valence-corrected chi connectivity index (χ0v) is 17.5. The van der Waals surface area contributed by atoms with Crippen LogP contribution in [0.3, 0.4) is 0 Å². The first kappa shape index (κ1) is 21.3. The van der Waals surface area contributed by atoms with Gasteiger partial charge < -0.3 is 9.47 Å². The molecule has 0 aliphatic rings. The zero-order chi connectivity index (χ0) is 16.7. The van der Waals surface area contributed by atoms with Gasteiger partial charge in [-0.25, -0.2) is 8.42 Å². The summed E-state index contributed by atoms with van der Waals surface area (Å²) < 4.78 is 35.7. The van der Waals surface area contributed by atoms with E-state index in [4.69, 9.17) is 9.47 Å². The fourth-order valence-corrected chi connectivity index (χ4v) is 3.36. The summed E-state index contributed by atoms with van der Waals surface area (Å²) in [7, 11) is -5.58. The first-order valence-corrected chi connectivity index (χ1v) is 16.7. The van der Waals surface area contributed by atoms with Gasteiger partial charge in [-0.2, -0.15) is 4.31 Å². The van der Waals surface area contributed by atoms with Crippen molar-refractivity contribution in [3.63, 3.8) is 0 Å². The lowest BCUT2D eigenvalue weighted by atomic mass is 10.8. The summed E-state index contributed by atoms with van der Waals surface area (Å²) in [4.78, 5) is 0. The number of sulfonamides is 1. The molecule has 0 aromatic heterocycles. The Morgan fingerprint density at radius 2 is 1.14 bits per heavy atom. The van der Waals surface area contributed by atoms with E-state index in [-0.39, 0.29) is 13.5 Å². The van der Waals surface area contributed by atoms with Crippen molar-refractivity contribution in [2.45, 2.75) is 51.4 Å². The average Bonchev–Trinajstić information content (AvgIpc) is 2.22. The van der Waals surface area contributed by atoms with Gasteiger partial charge >= 0.3 is 0 Å². The second-order valence-corrected chi connectivity index (χ2v) is 21.1. The first-order valence-electron chi connectivity index (χ1n) is 7.42. The summed E-state index contributed by atoms with van der Waals surface area (Å²) >= 11 is 0. The normalized spacial score (nSPS) is 13.9. The van der Waals surface area contributed by atoms with Crippen molar-refractivity contribution < 1.29 is 17.9 Å². The van der Waals surface area contributed by atoms with E-state index in [0.717, 1.165) is 12.1 Å². The summed E-state index contributed by atoms with van der Waals surface area (Å²) in [5.41, 5.74) is 0. The van der Waals surface area contributed by atoms with Gasteiger partial charge in [-0.05, 0) is 12.1 Å². The Bertz CT molecular complexity index is 366. The Kier molecular flexibility index (Phi) is 8.89. The maximum absolute atomic E-state index is 11.7. The Morgan fingerprint density at radius 1 is 0.810 bits per heavy atom. The van der Waals surface area contributed by atoms with Crippen LogP contribution in [0, 0.1) is 0 Å². The van der Waals surface area contributed by atoms with Gasteiger partial charge in [0.15, 0.2) is 0 Å². The highest BCUT2D eigenvalue weighted by molar-refractivity contribution is 7.88. The molecule has 0 heterocycles. The van der Waals surface area contributed by atoms with Gasteiger partial charge in [-0.15, -0.1) is 0 Å². The molecule has 0 saturated heterocycles. The van der Waals surface area contributed by atoms with Crippen molar-refractivity contribution in [2.75, 3.05) is 32.9 Å². The molecule has 0 saturated carbocycles. The van der Waals surface area contributed by atoms with E-state index in [2.05, 4.69) is 39.3 Å². The second-order valence-electron chi connectivity index (χ2n) is 7.91. The Balaban J connectivity index is 4.12. The van der Waals surface area contributed by atoms with Gasteiger partial charge in [0.2, 0.25) is 10.0 Å². The quantitative estimate of drug-likeness (QED) is 0.325. The van der Waals surface area contributed by atoms with Gasteiger partial charge in [0, 0.05) is 29.4 Å². The fourth-order valence-electron chi connectivity index (χ4n) is 1.32. The van der Waals surface area contributed by atoms with Crippen molar-refractivity contribution in [1.82, 2.24) is 4.31 Å². The van der Waals surface area contributed by atoms with Gasteiger partial charge in [0.1, 0.15) is 13.5 Å². The largest absolute Gasteiger partial charge is 0.365 e. The molecule has 0 aromatic rings. The molecule has 5 nitrogen and oxygen atoms in total. The van der Waals surface area contributed by atoms with Gasteiger partial charge in [0.25, 0.3) is 0 Å². The maximum Gasteiger partial charge on any atom is 0.215 e. The van der Waals surface area contributed by atoms with Crippen LogP contribution in [-0.2, 0) is 19.5 Å². The van der Waals surface area contributed by atoms with E-state index in [1.165, 1.54) is 10.6 Å². The van der Waals surface area contributed by atoms with Crippen molar-refractivity contribution in [3.8, 4) is 0 Å². The van der Waals surface area contributed by atoms with E-state index in [9.17, 15) is 8.42 Å². The maximum atomic E-state index is 11.7. The minimum absolute atomic E-state index is 0.0796. The number of hydrogen-bond acceptors (Lipinski definition) is 4. The molecule has 0 aromatic carbocycles. The van der Waals surface area contributed by atoms with Crippen molar-refractivity contribution in [1.29, 1.82) is 0 Å². The van der Waals surface area contributed by atoms with E-state index < -0.39 is 26.2 Å². The molecule has 0 rings (SSSR count). The molecule has 0 bridgehead atoms. The molecule has 0 fully saturated rings. The Hall–Kier alpha value is 0.264. The molecular weight excluding hydrogens is 322 g/mol. The lowest BCUT2D eigenvalue weighted by Gasteiger charge is -2.22. The standard InChI is InChI=1S/C13H33NO4SSi2/c1-19(15,16)14(12-17-8-10-20(2,3)4)13-18-9-11-21(5,6)7/h8-13H2,1-7H3. The molecule has 8 heteroatoms. The third-order valence-corrected chi connectivity index (χ3v) is 7.49. The molecule has 0 amide bonds. The van der Waals surface area contributed by atoms with Crippen LogP contribution in [0.15, 0.2) is 0 Å². The Labute approximate surface area is 133 Å². The minimum atomic E-state index is -3.29. The summed E-state index contributed by atoms with van der Waals surface area (Å²) in [6.45, 7) is 15.0. The number of ether oxygens (including phenoxy) is 2. The van der Waals surface area contributed by atoms with E-state index >= 15 is 0 Å². The van der Waals surface area contributed by atoms with Crippen LogP contribution in [0.1, 0.15) is 0 Å². The third-order valence-electron chi connectivity index (χ3n) is 2.93. The van der Waals surface area contributed by atoms with Crippen molar-refractivity contribution >= 4 is 26.2 Å². The average molecular weight is 356 g/mol. The van der Waals surface area contributed by atoms with Gasteiger partial charge in [-0.1, -0.05) is 39.3 Å². The highest BCUT2D eigenvalue weighted by atomic mass is 32.2. The molecule has 21 heavy (non-hydrogen) atoms. The predicted octanol–water partition coefficient (Wildman–Crippen LogP) is 2.87. The molecule has 0 radical (unpaired) electrons. The molecule has 0 aliphatic carbocycles. The summed E-state index contributed by atoms with van der Waals surface area (Å²) in [5, 5.41) is 0. The number of rotatable bonds is 11. The predicted molar refractivity (Wildman–Crippen MR) is 94.6 cm³/mol. The van der Waals surface area contributed by atoms with Crippen LogP contribution in [0.4, 0.5) is 0 Å². The highest BCUT2D eigenvalue weighted by Crippen LogP contribution is 2.10. The fraction of sp³-hybridized carbons (Fsp3) is 1.00. The first-order chi connectivity index (χ1) is 9.31. The van der Waals surface area contributed by atoms with Crippen LogP contribution in [0.2, 0.25) is 51.4 Å². The molecule has 0 atom stereocenters. The van der Waals surface area contributed by atoms with Crippen LogP contribution >= 0.6 is 0 Å². The second kappa shape index (κ2) is 8.78. The SMILES string of the molecule is C[Si](C)(C)CCOCN(COCC[Si](C)(C)C)S(C)(=O)=O. The summed E-state index contributed by atoms with van der Waals surface area (Å²) in [6, 6.07) is 2.06. The molecule has 0 unspecified atom stereocenters. The molecule has 0 N–H and O–H groups in total.